The van der Waals surface area contributed by atoms with Gasteiger partial charge in [0.1, 0.15) is 12.3 Å². The number of hydrogen-bond donors (Lipinski definition) is 1. The van der Waals surface area contributed by atoms with Gasteiger partial charge in [0.15, 0.2) is 5.82 Å². The summed E-state index contributed by atoms with van der Waals surface area (Å²) < 4.78 is 0. The minimum absolute atomic E-state index is 0.281. The number of H-pyrrole nitrogens is 1. The Morgan fingerprint density at radius 1 is 1.30 bits per heavy atom. The van der Waals surface area contributed by atoms with E-state index in [1.807, 2.05) is 29.3 Å². The topological polar surface area (TPSA) is 61.9 Å². The number of rotatable bonds is 3. The number of carbonyl (C=O) groups excluding carboxylic acids is 1. The second-order valence-electron chi connectivity index (χ2n) is 5.75. The summed E-state index contributed by atoms with van der Waals surface area (Å²) in [5, 5.41) is 7.04. The van der Waals surface area contributed by atoms with Gasteiger partial charge in [-0.15, -0.1) is 0 Å². The Morgan fingerprint density at radius 3 is 2.91 bits per heavy atom. The van der Waals surface area contributed by atoms with Gasteiger partial charge in [0, 0.05) is 36.8 Å². The smallest absolute Gasteiger partial charge is 0.151 e. The molecule has 0 radical (unpaired) electrons. The summed E-state index contributed by atoms with van der Waals surface area (Å²) in [4.78, 5) is 17.9. The Balaban J connectivity index is 1.81. The zero-order valence-electron chi connectivity index (χ0n) is 12.7. The molecule has 4 rings (SSSR count). The summed E-state index contributed by atoms with van der Waals surface area (Å²) in [5.74, 6) is 0.792. The quantitative estimate of drug-likeness (QED) is 0.756. The highest BCUT2D eigenvalue weighted by Gasteiger charge is 2.32. The summed E-state index contributed by atoms with van der Waals surface area (Å²) >= 11 is 0. The molecule has 5 heteroatoms. The second-order valence-corrected chi connectivity index (χ2v) is 5.75. The maximum Gasteiger partial charge on any atom is 0.151 e. The van der Waals surface area contributed by atoms with Crippen LogP contribution in [0.1, 0.15) is 22.7 Å². The Hall–Kier alpha value is -2.95. The number of aromatic nitrogens is 3. The molecule has 0 saturated heterocycles. The molecule has 1 aliphatic heterocycles. The third kappa shape index (κ3) is 2.21. The summed E-state index contributed by atoms with van der Waals surface area (Å²) in [6, 6.07) is 9.87. The van der Waals surface area contributed by atoms with E-state index in [1.165, 1.54) is 5.56 Å². The number of aldehydes is 1. The number of anilines is 1. The van der Waals surface area contributed by atoms with Crippen LogP contribution in [0.5, 0.6) is 0 Å². The van der Waals surface area contributed by atoms with Crippen molar-refractivity contribution in [1.29, 1.82) is 0 Å². The lowest BCUT2D eigenvalue weighted by Crippen LogP contribution is -2.23. The number of carbonyl (C=O) groups is 1. The van der Waals surface area contributed by atoms with Crippen LogP contribution >= 0.6 is 0 Å². The molecule has 3 aromatic rings. The highest BCUT2D eigenvalue weighted by molar-refractivity contribution is 5.76. The maximum atomic E-state index is 11.7. The zero-order chi connectivity index (χ0) is 15.8. The first-order chi connectivity index (χ1) is 11.3. The molecule has 5 nitrogen and oxygen atoms in total. The molecule has 0 aliphatic carbocycles. The molecule has 23 heavy (non-hydrogen) atoms. The Morgan fingerprint density at radius 2 is 2.22 bits per heavy atom. The molecule has 1 aromatic carbocycles. The fourth-order valence-corrected chi connectivity index (χ4v) is 3.34. The molecular weight excluding hydrogens is 288 g/mol. The monoisotopic (exact) mass is 304 g/mol. The molecule has 1 N–H and O–H groups in total. The average molecular weight is 304 g/mol. The molecule has 0 spiro atoms. The van der Waals surface area contributed by atoms with Gasteiger partial charge in [-0.1, -0.05) is 12.1 Å². The van der Waals surface area contributed by atoms with Gasteiger partial charge >= 0.3 is 0 Å². The molecule has 0 amide bonds. The number of aryl methyl sites for hydroxylation is 1. The van der Waals surface area contributed by atoms with Crippen molar-refractivity contribution in [3.8, 4) is 11.1 Å². The van der Waals surface area contributed by atoms with Gasteiger partial charge in [0.25, 0.3) is 0 Å². The fourth-order valence-electron chi connectivity index (χ4n) is 3.34. The number of pyridine rings is 1. The van der Waals surface area contributed by atoms with E-state index in [1.54, 1.807) is 12.4 Å². The molecule has 1 unspecified atom stereocenters. The van der Waals surface area contributed by atoms with Crippen molar-refractivity contribution < 1.29 is 4.79 Å². The molecule has 2 aromatic heterocycles. The van der Waals surface area contributed by atoms with Gasteiger partial charge < -0.3 is 9.69 Å². The predicted octanol–water partition coefficient (Wildman–Crippen LogP) is 3.04. The van der Waals surface area contributed by atoms with E-state index >= 15 is 0 Å². The van der Waals surface area contributed by atoms with Crippen LogP contribution in [0.2, 0.25) is 0 Å². The third-order valence-electron chi connectivity index (χ3n) is 4.35. The van der Waals surface area contributed by atoms with Crippen molar-refractivity contribution in [3.63, 3.8) is 0 Å². The Bertz CT molecular complexity index is 843. The number of hydrogen-bond acceptors (Lipinski definition) is 4. The Kier molecular flexibility index (Phi) is 3.19. The van der Waals surface area contributed by atoms with Gasteiger partial charge in [0.2, 0.25) is 0 Å². The van der Waals surface area contributed by atoms with E-state index in [9.17, 15) is 4.79 Å². The van der Waals surface area contributed by atoms with Crippen LogP contribution in [0.3, 0.4) is 0 Å². The lowest BCUT2D eigenvalue weighted by atomic mass is 9.94. The SMILES string of the molecule is Cc1cc(-c2cccnc2)cc2c1C(C=O)N(c1cc[nH]n1)C2. The lowest BCUT2D eigenvalue weighted by molar-refractivity contribution is -0.109. The van der Waals surface area contributed by atoms with Gasteiger partial charge in [-0.2, -0.15) is 5.10 Å². The summed E-state index contributed by atoms with van der Waals surface area (Å²) in [5.41, 5.74) is 5.60. The first kappa shape index (κ1) is 13.7. The standard InChI is InChI=1S/C18H16N4O/c1-12-7-14(13-3-2-5-19-9-13)8-15-10-22(16(11-23)18(12)15)17-4-6-20-21-17/h2-9,11,16H,10H2,1H3,(H,20,21). The van der Waals surface area contributed by atoms with Crippen molar-refractivity contribution >= 4 is 12.1 Å². The molecule has 0 fully saturated rings. The number of benzene rings is 1. The van der Waals surface area contributed by atoms with Gasteiger partial charge in [-0.3, -0.25) is 10.1 Å². The molecule has 114 valence electrons. The normalized spacial score (nSPS) is 16.4. The maximum absolute atomic E-state index is 11.7. The summed E-state index contributed by atoms with van der Waals surface area (Å²) in [6.07, 6.45) is 6.40. The highest BCUT2D eigenvalue weighted by Crippen LogP contribution is 2.39. The first-order valence-corrected chi connectivity index (χ1v) is 7.53. The third-order valence-corrected chi connectivity index (χ3v) is 4.35. The van der Waals surface area contributed by atoms with Crippen LogP contribution in [-0.2, 0) is 11.3 Å². The number of fused-ring (bicyclic) bond motifs is 1. The average Bonchev–Trinajstić information content (AvgIpc) is 3.22. The first-order valence-electron chi connectivity index (χ1n) is 7.53. The van der Waals surface area contributed by atoms with Crippen LogP contribution in [-0.4, -0.2) is 21.5 Å². The van der Waals surface area contributed by atoms with E-state index in [4.69, 9.17) is 0 Å². The molecule has 0 saturated carbocycles. The lowest BCUT2D eigenvalue weighted by Gasteiger charge is -2.20. The van der Waals surface area contributed by atoms with Crippen molar-refractivity contribution in [2.75, 3.05) is 4.90 Å². The predicted molar refractivity (Wildman–Crippen MR) is 88.0 cm³/mol. The van der Waals surface area contributed by atoms with E-state index in [2.05, 4.69) is 34.2 Å². The molecule has 1 atom stereocenters. The van der Waals surface area contributed by atoms with Crippen molar-refractivity contribution in [2.24, 2.45) is 0 Å². The van der Waals surface area contributed by atoms with Crippen LogP contribution in [0, 0.1) is 6.92 Å². The Labute approximate surface area is 134 Å². The van der Waals surface area contributed by atoms with Crippen LogP contribution in [0.15, 0.2) is 48.9 Å². The minimum atomic E-state index is -0.281. The zero-order valence-corrected chi connectivity index (χ0v) is 12.7. The number of nitrogens with one attached hydrogen (secondary N) is 1. The molecule has 3 heterocycles. The molecular formula is C18H16N4O. The minimum Gasteiger partial charge on any atom is -0.337 e. The largest absolute Gasteiger partial charge is 0.337 e. The van der Waals surface area contributed by atoms with E-state index in [0.717, 1.165) is 34.4 Å². The van der Waals surface area contributed by atoms with Crippen molar-refractivity contribution in [1.82, 2.24) is 15.2 Å². The van der Waals surface area contributed by atoms with Crippen LogP contribution in [0.4, 0.5) is 5.82 Å². The highest BCUT2D eigenvalue weighted by atomic mass is 16.1. The number of aromatic amines is 1. The second kappa shape index (κ2) is 5.35. The number of nitrogens with zero attached hydrogens (tertiary/aromatic N) is 3. The van der Waals surface area contributed by atoms with Gasteiger partial charge in [-0.05, 0) is 41.3 Å². The van der Waals surface area contributed by atoms with Crippen molar-refractivity contribution in [3.05, 3.63) is 65.6 Å². The molecule has 1 aliphatic rings. The van der Waals surface area contributed by atoms with Gasteiger partial charge in [0.05, 0.1) is 0 Å². The summed E-state index contributed by atoms with van der Waals surface area (Å²) in [7, 11) is 0. The van der Waals surface area contributed by atoms with E-state index in [0.29, 0.717) is 6.54 Å². The van der Waals surface area contributed by atoms with Crippen molar-refractivity contribution in [2.45, 2.75) is 19.5 Å². The summed E-state index contributed by atoms with van der Waals surface area (Å²) in [6.45, 7) is 2.74. The van der Waals surface area contributed by atoms with E-state index in [-0.39, 0.29) is 6.04 Å². The van der Waals surface area contributed by atoms with Crippen LogP contribution < -0.4 is 4.90 Å². The molecule has 0 bridgehead atoms. The van der Waals surface area contributed by atoms with Crippen LogP contribution in [0.25, 0.3) is 11.1 Å². The van der Waals surface area contributed by atoms with E-state index < -0.39 is 0 Å². The van der Waals surface area contributed by atoms with Gasteiger partial charge in [-0.25, -0.2) is 0 Å². The fraction of sp³-hybridized carbons (Fsp3) is 0.167.